The summed E-state index contributed by atoms with van der Waals surface area (Å²) in [4.78, 5) is 33.9. The van der Waals surface area contributed by atoms with Crippen molar-refractivity contribution in [3.63, 3.8) is 0 Å². The van der Waals surface area contributed by atoms with E-state index in [0.29, 0.717) is 45.1 Å². The first-order valence-corrected chi connectivity index (χ1v) is 17.6. The highest BCUT2D eigenvalue weighted by atomic mass is 28.3. The molecule has 0 aromatic carbocycles. The summed E-state index contributed by atoms with van der Waals surface area (Å²) in [5.41, 5.74) is -0.844. The van der Waals surface area contributed by atoms with Crippen LogP contribution in [0.25, 0.3) is 11.0 Å². The van der Waals surface area contributed by atoms with Crippen molar-refractivity contribution in [1.29, 1.82) is 0 Å². The van der Waals surface area contributed by atoms with Gasteiger partial charge >= 0.3 is 12.2 Å². The summed E-state index contributed by atoms with van der Waals surface area (Å²) >= 11 is 0. The highest BCUT2D eigenvalue weighted by molar-refractivity contribution is 6.76. The van der Waals surface area contributed by atoms with E-state index in [0.717, 1.165) is 27.3 Å². The molecule has 1 aliphatic rings. The van der Waals surface area contributed by atoms with Gasteiger partial charge in [-0.15, -0.1) is 0 Å². The number of alkyl halides is 3. The summed E-state index contributed by atoms with van der Waals surface area (Å²) in [5, 5.41) is 7.75. The molecule has 1 N–H and O–H groups in total. The van der Waals surface area contributed by atoms with Gasteiger partial charge in [-0.1, -0.05) is 33.5 Å². The molecule has 3 aromatic heterocycles. The van der Waals surface area contributed by atoms with Crippen molar-refractivity contribution in [1.82, 2.24) is 24.2 Å². The van der Waals surface area contributed by atoms with Crippen LogP contribution in [0.15, 0.2) is 35.5 Å². The lowest BCUT2D eigenvalue weighted by Crippen LogP contribution is -2.57. The molecule has 1 saturated heterocycles. The normalized spacial score (nSPS) is 17.5. The second-order valence-corrected chi connectivity index (χ2v) is 18.5. The number of urea groups is 1. The Balaban J connectivity index is 1.42. The molecular formula is C28H40F3N7O3Si. The number of ether oxygens (including phenoxy) is 1. The first-order chi connectivity index (χ1) is 19.5. The number of halogens is 3. The Bertz CT molecular complexity index is 1500. The highest BCUT2D eigenvalue weighted by Crippen LogP contribution is 2.36. The third-order valence-corrected chi connectivity index (χ3v) is 9.45. The lowest BCUT2D eigenvalue weighted by Gasteiger charge is -2.48. The van der Waals surface area contributed by atoms with E-state index in [1.807, 2.05) is 26.1 Å². The van der Waals surface area contributed by atoms with E-state index in [1.54, 1.807) is 17.9 Å². The van der Waals surface area contributed by atoms with E-state index in [1.165, 1.54) is 11.9 Å². The molecule has 42 heavy (non-hydrogen) atoms. The minimum atomic E-state index is -4.65. The van der Waals surface area contributed by atoms with Crippen LogP contribution in [0.3, 0.4) is 0 Å². The first-order valence-electron chi connectivity index (χ1n) is 13.9. The van der Waals surface area contributed by atoms with Crippen LogP contribution in [-0.4, -0.2) is 71.1 Å². The predicted octanol–water partition coefficient (Wildman–Crippen LogP) is 5.23. The third kappa shape index (κ3) is 7.14. The number of aromatic nitrogens is 4. The zero-order valence-electron chi connectivity index (χ0n) is 25.2. The zero-order valence-corrected chi connectivity index (χ0v) is 26.2. The molecule has 1 fully saturated rings. The smallest absolute Gasteiger partial charge is 0.370 e. The average molecular weight is 608 g/mol. The van der Waals surface area contributed by atoms with Gasteiger partial charge in [0.1, 0.15) is 12.4 Å². The molecule has 0 radical (unpaired) electrons. The maximum atomic E-state index is 13.3. The Labute approximate surface area is 244 Å². The van der Waals surface area contributed by atoms with E-state index in [9.17, 15) is 22.8 Å². The quantitative estimate of drug-likeness (QED) is 0.278. The summed E-state index contributed by atoms with van der Waals surface area (Å²) < 4.78 is 48.2. The van der Waals surface area contributed by atoms with Crippen molar-refractivity contribution in [2.75, 3.05) is 37.0 Å². The van der Waals surface area contributed by atoms with Gasteiger partial charge < -0.3 is 24.4 Å². The molecule has 0 spiro atoms. The number of fused-ring (bicyclic) bond motifs is 1. The van der Waals surface area contributed by atoms with E-state index >= 15 is 0 Å². The molecule has 4 heterocycles. The number of piperidine rings is 1. The number of hydrogen-bond acceptors (Lipinski definition) is 6. The van der Waals surface area contributed by atoms with Crippen molar-refractivity contribution in [3.8, 4) is 0 Å². The van der Waals surface area contributed by atoms with Crippen LogP contribution in [-0.2, 0) is 24.7 Å². The molecule has 4 rings (SSSR count). The lowest BCUT2D eigenvalue weighted by atomic mass is 9.78. The van der Waals surface area contributed by atoms with E-state index < -0.39 is 37.1 Å². The van der Waals surface area contributed by atoms with Crippen LogP contribution in [0.4, 0.5) is 29.3 Å². The topological polar surface area (TPSA) is 97.5 Å². The fourth-order valence-electron chi connectivity index (χ4n) is 5.34. The molecule has 0 aliphatic carbocycles. The number of hydrogen-bond donors (Lipinski definition) is 1. The molecule has 2 amide bonds. The number of amides is 2. The van der Waals surface area contributed by atoms with Gasteiger partial charge in [0, 0.05) is 64.9 Å². The zero-order chi connectivity index (χ0) is 31.0. The number of aryl methyl sites for hydroxylation is 1. The van der Waals surface area contributed by atoms with Crippen molar-refractivity contribution in [2.24, 2.45) is 12.5 Å². The van der Waals surface area contributed by atoms with Crippen molar-refractivity contribution in [2.45, 2.75) is 64.9 Å². The Morgan fingerprint density at radius 2 is 1.95 bits per heavy atom. The van der Waals surface area contributed by atoms with E-state index in [2.05, 4.69) is 39.9 Å². The van der Waals surface area contributed by atoms with Crippen LogP contribution in [0, 0.1) is 5.41 Å². The Hall–Kier alpha value is -3.39. The maximum Gasteiger partial charge on any atom is 0.417 e. The number of carbonyl (C=O) groups is 1. The van der Waals surface area contributed by atoms with Gasteiger partial charge in [-0.05, 0) is 24.6 Å². The van der Waals surface area contributed by atoms with Gasteiger partial charge in [0.15, 0.2) is 5.65 Å². The van der Waals surface area contributed by atoms with Gasteiger partial charge in [0.05, 0.1) is 23.6 Å². The van der Waals surface area contributed by atoms with Gasteiger partial charge in [0.25, 0.3) is 5.56 Å². The van der Waals surface area contributed by atoms with Gasteiger partial charge in [-0.3, -0.25) is 4.79 Å². The molecule has 0 saturated carbocycles. The highest BCUT2D eigenvalue weighted by Gasteiger charge is 2.40. The number of nitrogens with zero attached hydrogens (tertiary/aromatic N) is 6. The minimum absolute atomic E-state index is 0.226. The summed E-state index contributed by atoms with van der Waals surface area (Å²) in [6.07, 6.45) is 0.268. The standard InChI is InChI=1S/C28H40F3N7O3Si/c1-27(2)17-37(21-12-19-14-33-38(24(19)32-15-21)18-41-10-11-42(5,6)7)9-8-23(27)36(4)26(40)34-22-13-20(28(29,30)31)16-35(3)25(22)39/h12-16,23H,8-11,17-18H2,1-7H3,(H,34,40). The monoisotopic (exact) mass is 607 g/mol. The third-order valence-electron chi connectivity index (χ3n) is 7.75. The molecule has 1 aliphatic heterocycles. The molecular weight excluding hydrogens is 567 g/mol. The molecule has 10 nitrogen and oxygen atoms in total. The Morgan fingerprint density at radius 3 is 2.60 bits per heavy atom. The molecule has 1 unspecified atom stereocenters. The fourth-order valence-corrected chi connectivity index (χ4v) is 6.10. The van der Waals surface area contributed by atoms with Crippen LogP contribution in [0.5, 0.6) is 0 Å². The minimum Gasteiger partial charge on any atom is -0.370 e. The predicted molar refractivity (Wildman–Crippen MR) is 159 cm³/mol. The van der Waals surface area contributed by atoms with Crippen molar-refractivity contribution in [3.05, 3.63) is 46.6 Å². The molecule has 0 bridgehead atoms. The van der Waals surface area contributed by atoms with Crippen molar-refractivity contribution >= 4 is 36.5 Å². The fraction of sp³-hybridized carbons (Fsp3) is 0.571. The Morgan fingerprint density at radius 1 is 1.24 bits per heavy atom. The van der Waals surface area contributed by atoms with Gasteiger partial charge in [0.2, 0.25) is 0 Å². The van der Waals surface area contributed by atoms with Gasteiger partial charge in [-0.2, -0.15) is 18.3 Å². The molecule has 230 valence electrons. The number of anilines is 2. The van der Waals surface area contributed by atoms with Crippen LogP contribution in [0.1, 0.15) is 25.8 Å². The van der Waals surface area contributed by atoms with E-state index in [4.69, 9.17) is 4.74 Å². The maximum absolute atomic E-state index is 13.3. The number of nitrogens with one attached hydrogen (secondary N) is 1. The summed E-state index contributed by atoms with van der Waals surface area (Å²) in [7, 11) is 1.65. The molecule has 3 aromatic rings. The van der Waals surface area contributed by atoms with Crippen molar-refractivity contribution < 1.29 is 22.7 Å². The number of carbonyl (C=O) groups excluding carboxylic acids is 1. The average Bonchev–Trinajstić information content (AvgIpc) is 3.29. The summed E-state index contributed by atoms with van der Waals surface area (Å²) in [5.74, 6) is 0. The number of rotatable bonds is 8. The summed E-state index contributed by atoms with van der Waals surface area (Å²) in [6, 6.07) is 2.93. The van der Waals surface area contributed by atoms with Crippen LogP contribution in [0.2, 0.25) is 25.7 Å². The molecule has 1 atom stereocenters. The van der Waals surface area contributed by atoms with Crippen LogP contribution < -0.4 is 15.8 Å². The SMILES string of the molecule is CN(C(=O)Nc1cc(C(F)(F)F)cn(C)c1=O)C1CCN(c2cnc3c(cnn3COCC[Si](C)(C)C)c2)CC1(C)C. The van der Waals surface area contributed by atoms with E-state index in [-0.39, 0.29) is 11.5 Å². The second-order valence-electron chi connectivity index (χ2n) is 12.9. The largest absolute Gasteiger partial charge is 0.417 e. The van der Waals surface area contributed by atoms with Gasteiger partial charge in [-0.25, -0.2) is 14.5 Å². The lowest BCUT2D eigenvalue weighted by molar-refractivity contribution is -0.138. The molecule has 14 heteroatoms. The summed E-state index contributed by atoms with van der Waals surface area (Å²) in [6.45, 7) is 13.3. The second kappa shape index (κ2) is 11.7. The number of pyridine rings is 2. The first kappa shape index (κ1) is 31.5. The van der Waals surface area contributed by atoms with Crippen LogP contribution >= 0.6 is 0 Å². The Kier molecular flexibility index (Phi) is 8.79.